The summed E-state index contributed by atoms with van der Waals surface area (Å²) in [4.78, 5) is 47.0. The van der Waals surface area contributed by atoms with Crippen molar-refractivity contribution in [1.82, 2.24) is 10.6 Å². The van der Waals surface area contributed by atoms with Crippen LogP contribution in [0.3, 0.4) is 0 Å². The van der Waals surface area contributed by atoms with Crippen LogP contribution in [0.5, 0.6) is 0 Å². The van der Waals surface area contributed by atoms with Gasteiger partial charge < -0.3 is 26.6 Å². The lowest BCUT2D eigenvalue weighted by atomic mass is 10.0. The molecule has 0 unspecified atom stereocenters. The van der Waals surface area contributed by atoms with Gasteiger partial charge in [-0.2, -0.15) is 0 Å². The largest absolute Gasteiger partial charge is 0.481 e. The Labute approximate surface area is 163 Å². The fraction of sp³-hybridized carbons (Fsp3) is 0.474. The molecule has 0 spiro atoms. The van der Waals surface area contributed by atoms with Crippen molar-refractivity contribution in [3.8, 4) is 0 Å². The van der Waals surface area contributed by atoms with E-state index < -0.39 is 48.3 Å². The van der Waals surface area contributed by atoms with Crippen LogP contribution in [0.25, 0.3) is 0 Å². The van der Waals surface area contributed by atoms with Crippen LogP contribution in [0.2, 0.25) is 0 Å². The van der Waals surface area contributed by atoms with Gasteiger partial charge in [-0.3, -0.25) is 14.4 Å². The third-order valence-corrected chi connectivity index (χ3v) is 3.97. The summed E-state index contributed by atoms with van der Waals surface area (Å²) in [6.45, 7) is 3.66. The SMILES string of the molecule is CC(C)C[C@H](NC(=O)[C@H](Cc1ccccc1)NC(=O)[C@@H](N)CC(=O)O)C(=O)O. The summed E-state index contributed by atoms with van der Waals surface area (Å²) in [6, 6.07) is 5.32. The van der Waals surface area contributed by atoms with Crippen LogP contribution in [-0.2, 0) is 25.6 Å². The molecule has 2 amide bonds. The number of hydrogen-bond acceptors (Lipinski definition) is 5. The zero-order valence-corrected chi connectivity index (χ0v) is 15.9. The Balaban J connectivity index is 2.95. The van der Waals surface area contributed by atoms with Gasteiger partial charge >= 0.3 is 11.9 Å². The Morgan fingerprint density at radius 1 is 0.964 bits per heavy atom. The Morgan fingerprint density at radius 3 is 2.04 bits per heavy atom. The molecule has 0 aliphatic rings. The van der Waals surface area contributed by atoms with E-state index in [1.807, 2.05) is 13.8 Å². The van der Waals surface area contributed by atoms with Crippen molar-refractivity contribution in [3.05, 3.63) is 35.9 Å². The van der Waals surface area contributed by atoms with Crippen molar-refractivity contribution in [2.45, 2.75) is 51.2 Å². The number of aliphatic carboxylic acids is 2. The van der Waals surface area contributed by atoms with Gasteiger partial charge in [0.15, 0.2) is 0 Å². The highest BCUT2D eigenvalue weighted by atomic mass is 16.4. The van der Waals surface area contributed by atoms with Crippen molar-refractivity contribution in [2.75, 3.05) is 0 Å². The Hall–Kier alpha value is -2.94. The van der Waals surface area contributed by atoms with Gasteiger partial charge in [0.2, 0.25) is 11.8 Å². The van der Waals surface area contributed by atoms with Crippen LogP contribution in [0.1, 0.15) is 32.3 Å². The lowest BCUT2D eigenvalue weighted by molar-refractivity contribution is -0.143. The monoisotopic (exact) mass is 393 g/mol. The average molecular weight is 393 g/mol. The van der Waals surface area contributed by atoms with Crippen molar-refractivity contribution >= 4 is 23.8 Å². The van der Waals surface area contributed by atoms with Gasteiger partial charge in [0.1, 0.15) is 12.1 Å². The van der Waals surface area contributed by atoms with Crippen LogP contribution >= 0.6 is 0 Å². The molecule has 0 heterocycles. The van der Waals surface area contributed by atoms with Gasteiger partial charge in [-0.05, 0) is 17.9 Å². The topological polar surface area (TPSA) is 159 Å². The molecule has 28 heavy (non-hydrogen) atoms. The molecule has 9 nitrogen and oxygen atoms in total. The van der Waals surface area contributed by atoms with Crippen LogP contribution in [0.15, 0.2) is 30.3 Å². The van der Waals surface area contributed by atoms with E-state index in [1.54, 1.807) is 30.3 Å². The lowest BCUT2D eigenvalue weighted by Gasteiger charge is -2.23. The number of carbonyl (C=O) groups excluding carboxylic acids is 2. The van der Waals surface area contributed by atoms with E-state index in [0.29, 0.717) is 0 Å². The molecular formula is C19H27N3O6. The fourth-order valence-corrected chi connectivity index (χ4v) is 2.58. The van der Waals surface area contributed by atoms with E-state index in [1.165, 1.54) is 0 Å². The number of nitrogens with one attached hydrogen (secondary N) is 2. The van der Waals surface area contributed by atoms with Gasteiger partial charge in [-0.1, -0.05) is 44.2 Å². The van der Waals surface area contributed by atoms with Crippen LogP contribution < -0.4 is 16.4 Å². The van der Waals surface area contributed by atoms with E-state index in [-0.39, 0.29) is 18.8 Å². The first kappa shape index (κ1) is 23.1. The molecule has 154 valence electrons. The number of benzene rings is 1. The molecule has 0 saturated carbocycles. The number of nitrogens with two attached hydrogens (primary N) is 1. The van der Waals surface area contributed by atoms with Crippen molar-refractivity contribution in [2.24, 2.45) is 11.7 Å². The summed E-state index contributed by atoms with van der Waals surface area (Å²) < 4.78 is 0. The molecule has 9 heteroatoms. The third-order valence-electron chi connectivity index (χ3n) is 3.97. The molecule has 1 aromatic carbocycles. The van der Waals surface area contributed by atoms with E-state index >= 15 is 0 Å². The number of carboxylic acids is 2. The lowest BCUT2D eigenvalue weighted by Crippen LogP contribution is -2.55. The quantitative estimate of drug-likeness (QED) is 0.357. The highest BCUT2D eigenvalue weighted by Gasteiger charge is 2.29. The van der Waals surface area contributed by atoms with Crippen LogP contribution in [0.4, 0.5) is 0 Å². The smallest absolute Gasteiger partial charge is 0.326 e. The summed E-state index contributed by atoms with van der Waals surface area (Å²) >= 11 is 0. The predicted molar refractivity (Wildman–Crippen MR) is 101 cm³/mol. The maximum Gasteiger partial charge on any atom is 0.326 e. The van der Waals surface area contributed by atoms with E-state index in [2.05, 4.69) is 10.6 Å². The predicted octanol–water partition coefficient (Wildman–Crippen LogP) is 0.131. The maximum absolute atomic E-state index is 12.7. The Kier molecular flexibility index (Phi) is 9.10. The second kappa shape index (κ2) is 11.0. The van der Waals surface area contributed by atoms with Gasteiger partial charge in [0.05, 0.1) is 12.5 Å². The minimum atomic E-state index is -1.32. The third kappa shape index (κ3) is 8.17. The van der Waals surface area contributed by atoms with Crippen LogP contribution in [-0.4, -0.2) is 52.1 Å². The normalized spacial score (nSPS) is 14.0. The van der Waals surface area contributed by atoms with E-state index in [9.17, 15) is 24.3 Å². The molecule has 0 aromatic heterocycles. The first-order valence-electron chi connectivity index (χ1n) is 8.95. The standard InChI is InChI=1S/C19H27N3O6/c1-11(2)8-15(19(27)28)22-18(26)14(9-12-6-4-3-5-7-12)21-17(25)13(20)10-16(23)24/h3-7,11,13-15H,8-10,20H2,1-2H3,(H,21,25)(H,22,26)(H,23,24)(H,27,28)/t13-,14-,15-/m0/s1. The molecule has 0 saturated heterocycles. The summed E-state index contributed by atoms with van der Waals surface area (Å²) in [5.41, 5.74) is 6.30. The van der Waals surface area contributed by atoms with E-state index in [4.69, 9.17) is 10.8 Å². The van der Waals surface area contributed by atoms with Crippen molar-refractivity contribution in [3.63, 3.8) is 0 Å². The van der Waals surface area contributed by atoms with Crippen LogP contribution in [0, 0.1) is 5.92 Å². The van der Waals surface area contributed by atoms with Gasteiger partial charge in [0.25, 0.3) is 0 Å². The molecule has 1 aromatic rings. The zero-order valence-electron chi connectivity index (χ0n) is 15.9. The molecule has 0 fully saturated rings. The van der Waals surface area contributed by atoms with Crippen molar-refractivity contribution in [1.29, 1.82) is 0 Å². The second-order valence-corrected chi connectivity index (χ2v) is 6.98. The Bertz CT molecular complexity index is 692. The molecule has 1 rings (SSSR count). The van der Waals surface area contributed by atoms with Gasteiger partial charge in [-0.15, -0.1) is 0 Å². The average Bonchev–Trinajstić information content (AvgIpc) is 2.60. The molecule has 0 bridgehead atoms. The number of carbonyl (C=O) groups is 4. The van der Waals surface area contributed by atoms with Crippen molar-refractivity contribution < 1.29 is 29.4 Å². The minimum absolute atomic E-state index is 0.0348. The summed E-state index contributed by atoms with van der Waals surface area (Å²) in [5.74, 6) is -3.85. The number of carboxylic acid groups (broad SMARTS) is 2. The highest BCUT2D eigenvalue weighted by Crippen LogP contribution is 2.08. The molecule has 0 aliphatic carbocycles. The number of amides is 2. The highest BCUT2D eigenvalue weighted by molar-refractivity contribution is 5.93. The zero-order chi connectivity index (χ0) is 21.3. The van der Waals surface area contributed by atoms with Gasteiger partial charge in [-0.25, -0.2) is 4.79 Å². The second-order valence-electron chi connectivity index (χ2n) is 6.98. The number of rotatable bonds is 11. The maximum atomic E-state index is 12.7. The first-order chi connectivity index (χ1) is 13.1. The number of hydrogen-bond donors (Lipinski definition) is 5. The van der Waals surface area contributed by atoms with E-state index in [0.717, 1.165) is 5.56 Å². The fourth-order valence-electron chi connectivity index (χ4n) is 2.58. The Morgan fingerprint density at radius 2 is 1.54 bits per heavy atom. The minimum Gasteiger partial charge on any atom is -0.481 e. The molecule has 0 radical (unpaired) electrons. The van der Waals surface area contributed by atoms with Gasteiger partial charge in [0, 0.05) is 6.42 Å². The molecular weight excluding hydrogens is 366 g/mol. The molecule has 6 N–H and O–H groups in total. The molecule has 3 atom stereocenters. The summed E-state index contributed by atoms with van der Waals surface area (Å²) in [5, 5.41) is 23.0. The molecule has 0 aliphatic heterocycles. The first-order valence-corrected chi connectivity index (χ1v) is 8.95. The summed E-state index contributed by atoms with van der Waals surface area (Å²) in [6.07, 6.45) is -0.256. The summed E-state index contributed by atoms with van der Waals surface area (Å²) in [7, 11) is 0.